The van der Waals surface area contributed by atoms with Crippen LogP contribution in [-0.4, -0.2) is 16.7 Å². The summed E-state index contributed by atoms with van der Waals surface area (Å²) in [4.78, 5) is 30.2. The van der Waals surface area contributed by atoms with Crippen molar-refractivity contribution in [1.29, 1.82) is 0 Å². The molecule has 0 radical (unpaired) electrons. The second kappa shape index (κ2) is 9.29. The molecule has 0 saturated heterocycles. The number of hydrogen-bond acceptors (Lipinski definition) is 4. The molecular weight excluding hydrogens is 392 g/mol. The highest BCUT2D eigenvalue weighted by molar-refractivity contribution is 7.09. The van der Waals surface area contributed by atoms with E-state index in [0.29, 0.717) is 23.2 Å². The molecule has 1 aromatic heterocycles. The average Bonchev–Trinajstić information content (AvgIpc) is 3.25. The molecule has 4 nitrogen and oxygen atoms in total. The minimum absolute atomic E-state index is 0.167. The Balaban J connectivity index is 1.43. The van der Waals surface area contributed by atoms with Crippen molar-refractivity contribution in [3.63, 3.8) is 0 Å². The van der Waals surface area contributed by atoms with Crippen LogP contribution in [0.15, 0.2) is 90.3 Å². The SMILES string of the molecule is O=C(NCc1csc(Cc2ccccc2)n1)c1ccccc1C(=O)c1ccccc1. The topological polar surface area (TPSA) is 59.1 Å². The number of rotatable bonds is 7. The maximum absolute atomic E-state index is 12.8. The molecule has 1 N–H and O–H groups in total. The minimum Gasteiger partial charge on any atom is -0.346 e. The van der Waals surface area contributed by atoms with Gasteiger partial charge in [0.2, 0.25) is 0 Å². The Labute approximate surface area is 179 Å². The van der Waals surface area contributed by atoms with Crippen LogP contribution in [0.2, 0.25) is 0 Å². The number of hydrogen-bond donors (Lipinski definition) is 1. The van der Waals surface area contributed by atoms with Gasteiger partial charge in [0.15, 0.2) is 5.78 Å². The number of ketones is 1. The van der Waals surface area contributed by atoms with Gasteiger partial charge in [-0.15, -0.1) is 11.3 Å². The van der Waals surface area contributed by atoms with Gasteiger partial charge >= 0.3 is 0 Å². The van der Waals surface area contributed by atoms with Crippen LogP contribution in [-0.2, 0) is 13.0 Å². The first-order valence-corrected chi connectivity index (χ1v) is 10.5. The van der Waals surface area contributed by atoms with E-state index in [9.17, 15) is 9.59 Å². The zero-order chi connectivity index (χ0) is 20.8. The molecule has 3 aromatic carbocycles. The van der Waals surface area contributed by atoms with Crippen LogP contribution in [0.3, 0.4) is 0 Å². The molecule has 0 aliphatic rings. The van der Waals surface area contributed by atoms with Gasteiger partial charge in [-0.2, -0.15) is 0 Å². The summed E-state index contributed by atoms with van der Waals surface area (Å²) in [5.41, 5.74) is 3.33. The van der Waals surface area contributed by atoms with Crippen molar-refractivity contribution in [3.8, 4) is 0 Å². The maximum Gasteiger partial charge on any atom is 0.252 e. The minimum atomic E-state index is -0.285. The lowest BCUT2D eigenvalue weighted by Crippen LogP contribution is -2.25. The highest BCUT2D eigenvalue weighted by Crippen LogP contribution is 2.17. The van der Waals surface area contributed by atoms with E-state index in [1.165, 1.54) is 5.56 Å². The summed E-state index contributed by atoms with van der Waals surface area (Å²) in [6, 6.07) is 26.0. The number of amides is 1. The molecule has 0 atom stereocenters. The fourth-order valence-corrected chi connectivity index (χ4v) is 4.00. The van der Waals surface area contributed by atoms with Gasteiger partial charge in [0.1, 0.15) is 0 Å². The van der Waals surface area contributed by atoms with E-state index >= 15 is 0 Å². The third kappa shape index (κ3) is 4.70. The predicted molar refractivity (Wildman–Crippen MR) is 119 cm³/mol. The van der Waals surface area contributed by atoms with Crippen molar-refractivity contribution in [2.45, 2.75) is 13.0 Å². The zero-order valence-corrected chi connectivity index (χ0v) is 17.1. The number of nitrogens with one attached hydrogen (secondary N) is 1. The number of aromatic nitrogens is 1. The molecule has 0 fully saturated rings. The van der Waals surface area contributed by atoms with Gasteiger partial charge in [-0.1, -0.05) is 78.9 Å². The molecule has 5 heteroatoms. The summed E-state index contributed by atoms with van der Waals surface area (Å²) < 4.78 is 0. The molecule has 4 rings (SSSR count). The van der Waals surface area contributed by atoms with Crippen LogP contribution >= 0.6 is 11.3 Å². The first kappa shape index (κ1) is 19.7. The molecule has 0 aliphatic carbocycles. The lowest BCUT2D eigenvalue weighted by Gasteiger charge is -2.09. The molecular formula is C25H20N2O2S. The van der Waals surface area contributed by atoms with Crippen LogP contribution in [0.1, 0.15) is 42.5 Å². The van der Waals surface area contributed by atoms with Crippen molar-refractivity contribution in [2.24, 2.45) is 0 Å². The Bertz CT molecular complexity index is 1150. The quantitative estimate of drug-likeness (QED) is 0.440. The Morgan fingerprint density at radius 2 is 1.43 bits per heavy atom. The highest BCUT2D eigenvalue weighted by Gasteiger charge is 2.18. The second-order valence-corrected chi connectivity index (χ2v) is 7.76. The van der Waals surface area contributed by atoms with Crippen LogP contribution in [0.4, 0.5) is 0 Å². The van der Waals surface area contributed by atoms with Crippen molar-refractivity contribution < 1.29 is 9.59 Å². The zero-order valence-electron chi connectivity index (χ0n) is 16.2. The van der Waals surface area contributed by atoms with Crippen molar-refractivity contribution in [1.82, 2.24) is 10.3 Å². The smallest absolute Gasteiger partial charge is 0.252 e. The monoisotopic (exact) mass is 412 g/mol. The van der Waals surface area contributed by atoms with Gasteiger partial charge < -0.3 is 5.32 Å². The van der Waals surface area contributed by atoms with Crippen molar-refractivity contribution in [3.05, 3.63) is 123 Å². The second-order valence-electron chi connectivity index (χ2n) is 6.82. The Hall–Kier alpha value is -3.57. The summed E-state index contributed by atoms with van der Waals surface area (Å²) in [7, 11) is 0. The number of nitrogens with zero attached hydrogens (tertiary/aromatic N) is 1. The van der Waals surface area contributed by atoms with Gasteiger partial charge in [-0.3, -0.25) is 9.59 Å². The molecule has 0 saturated carbocycles. The van der Waals surface area contributed by atoms with Gasteiger partial charge in [0.25, 0.3) is 5.91 Å². The summed E-state index contributed by atoms with van der Waals surface area (Å²) in [5, 5.41) is 5.85. The van der Waals surface area contributed by atoms with Crippen LogP contribution < -0.4 is 5.32 Å². The molecule has 0 unspecified atom stereocenters. The Morgan fingerprint density at radius 3 is 2.17 bits per heavy atom. The molecule has 30 heavy (non-hydrogen) atoms. The van der Waals surface area contributed by atoms with Crippen molar-refractivity contribution in [2.75, 3.05) is 0 Å². The molecule has 0 aliphatic heterocycles. The lowest BCUT2D eigenvalue weighted by molar-refractivity contribution is 0.0939. The first-order chi connectivity index (χ1) is 14.7. The van der Waals surface area contributed by atoms with Crippen molar-refractivity contribution >= 4 is 23.0 Å². The molecule has 1 heterocycles. The molecule has 0 bridgehead atoms. The summed E-state index contributed by atoms with van der Waals surface area (Å²) in [5.74, 6) is -0.451. The van der Waals surface area contributed by atoms with Crippen LogP contribution in [0.5, 0.6) is 0 Å². The van der Waals surface area contributed by atoms with Crippen LogP contribution in [0.25, 0.3) is 0 Å². The van der Waals surface area contributed by atoms with E-state index in [1.807, 2.05) is 41.8 Å². The predicted octanol–water partition coefficient (Wildman–Crippen LogP) is 4.89. The summed E-state index contributed by atoms with van der Waals surface area (Å²) in [6.07, 6.45) is 0.772. The number of benzene rings is 3. The fraction of sp³-hybridized carbons (Fsp3) is 0.0800. The molecule has 0 spiro atoms. The molecule has 4 aromatic rings. The van der Waals surface area contributed by atoms with Gasteiger partial charge in [-0.05, 0) is 11.6 Å². The van der Waals surface area contributed by atoms with Gasteiger partial charge in [-0.25, -0.2) is 4.98 Å². The largest absolute Gasteiger partial charge is 0.346 e. The number of carbonyl (C=O) groups excluding carboxylic acids is 2. The van der Waals surface area contributed by atoms with E-state index in [0.717, 1.165) is 17.1 Å². The van der Waals surface area contributed by atoms with E-state index in [2.05, 4.69) is 22.4 Å². The van der Waals surface area contributed by atoms with E-state index < -0.39 is 0 Å². The Morgan fingerprint density at radius 1 is 0.800 bits per heavy atom. The average molecular weight is 413 g/mol. The first-order valence-electron chi connectivity index (χ1n) is 9.65. The normalized spacial score (nSPS) is 10.5. The standard InChI is InChI=1S/C25H20N2O2S/c28-24(19-11-5-2-6-12-19)21-13-7-8-14-22(21)25(29)26-16-20-17-30-23(27-20)15-18-9-3-1-4-10-18/h1-14,17H,15-16H2,(H,26,29). The maximum atomic E-state index is 12.8. The number of thiazole rings is 1. The van der Waals surface area contributed by atoms with Crippen LogP contribution in [0, 0.1) is 0 Å². The van der Waals surface area contributed by atoms with E-state index in [1.54, 1.807) is 47.7 Å². The third-order valence-electron chi connectivity index (χ3n) is 4.68. The molecule has 1 amide bonds. The fourth-order valence-electron chi connectivity index (χ4n) is 3.17. The Kier molecular flexibility index (Phi) is 6.11. The molecule has 148 valence electrons. The lowest BCUT2D eigenvalue weighted by atomic mass is 9.98. The summed E-state index contributed by atoms with van der Waals surface area (Å²) in [6.45, 7) is 0.317. The van der Waals surface area contributed by atoms with E-state index in [4.69, 9.17) is 0 Å². The number of carbonyl (C=O) groups is 2. The third-order valence-corrected chi connectivity index (χ3v) is 5.58. The van der Waals surface area contributed by atoms with E-state index in [-0.39, 0.29) is 11.7 Å². The summed E-state index contributed by atoms with van der Waals surface area (Å²) >= 11 is 1.58. The van der Waals surface area contributed by atoms with Gasteiger partial charge in [0, 0.05) is 22.9 Å². The highest BCUT2D eigenvalue weighted by atomic mass is 32.1. The van der Waals surface area contributed by atoms with Gasteiger partial charge in [0.05, 0.1) is 22.8 Å².